The fourth-order valence-corrected chi connectivity index (χ4v) is 4.69. The number of aromatic nitrogens is 2. The first-order valence-electron chi connectivity index (χ1n) is 10.9. The normalized spacial score (nSPS) is 20.2. The molecule has 0 amide bonds. The van der Waals surface area contributed by atoms with E-state index in [2.05, 4.69) is 52.5 Å². The lowest BCUT2D eigenvalue weighted by Gasteiger charge is -2.47. The van der Waals surface area contributed by atoms with Crippen LogP contribution in [0.4, 0.5) is 11.5 Å². The molecule has 1 aliphatic rings. The first kappa shape index (κ1) is 21.8. The number of aryl methyl sites for hydroxylation is 1. The molecule has 3 heterocycles. The van der Waals surface area contributed by atoms with E-state index in [1.54, 1.807) is 30.9 Å². The van der Waals surface area contributed by atoms with E-state index in [1.165, 1.54) is 5.56 Å². The zero-order valence-corrected chi connectivity index (χ0v) is 19.2. The van der Waals surface area contributed by atoms with E-state index < -0.39 is 0 Å². The molecule has 1 saturated heterocycles. The zero-order chi connectivity index (χ0) is 23.0. The van der Waals surface area contributed by atoms with Crippen molar-refractivity contribution in [1.82, 2.24) is 14.5 Å². The van der Waals surface area contributed by atoms with Gasteiger partial charge in [0.1, 0.15) is 5.75 Å². The number of fused-ring (bicyclic) bond motifs is 1. The van der Waals surface area contributed by atoms with E-state index in [0.717, 1.165) is 30.0 Å². The van der Waals surface area contributed by atoms with Crippen LogP contribution in [0.1, 0.15) is 32.4 Å². The van der Waals surface area contributed by atoms with Crippen LogP contribution in [0.5, 0.6) is 5.75 Å². The molecule has 0 aliphatic carbocycles. The van der Waals surface area contributed by atoms with Crippen LogP contribution in [-0.2, 0) is 7.05 Å². The minimum absolute atomic E-state index is 0.0706. The smallest absolute Gasteiger partial charge is 0.270 e. The van der Waals surface area contributed by atoms with Crippen molar-refractivity contribution in [2.45, 2.75) is 38.9 Å². The van der Waals surface area contributed by atoms with Crippen molar-refractivity contribution in [3.8, 4) is 5.75 Å². The maximum absolute atomic E-state index is 12.7. The molecule has 3 aromatic rings. The van der Waals surface area contributed by atoms with Gasteiger partial charge in [0.25, 0.3) is 11.4 Å². The van der Waals surface area contributed by atoms with Gasteiger partial charge in [0.05, 0.1) is 18.3 Å². The third-order valence-electron chi connectivity index (χ3n) is 6.61. The summed E-state index contributed by atoms with van der Waals surface area (Å²) in [5.41, 5.74) is 3.44. The number of piperazine rings is 1. The molecule has 1 fully saturated rings. The van der Waals surface area contributed by atoms with Gasteiger partial charge in [-0.25, -0.2) is 0 Å². The lowest BCUT2D eigenvalue weighted by Crippen LogP contribution is -2.57. The highest BCUT2D eigenvalue weighted by molar-refractivity contribution is 5.89. The monoisotopic (exact) mass is 431 g/mol. The van der Waals surface area contributed by atoms with Crippen LogP contribution in [0.3, 0.4) is 0 Å². The molecule has 0 radical (unpaired) electrons. The summed E-state index contributed by atoms with van der Waals surface area (Å²) in [4.78, 5) is 25.5. The number of hydrogen-bond donors (Lipinski definition) is 0. The predicted molar refractivity (Wildman–Crippen MR) is 128 cm³/mol. The molecule has 7 heteroatoms. The fourth-order valence-electron chi connectivity index (χ4n) is 4.69. The van der Waals surface area contributed by atoms with Crippen LogP contribution in [-0.4, -0.2) is 46.7 Å². The Bertz CT molecular complexity index is 1230. The number of benzene rings is 1. The van der Waals surface area contributed by atoms with Gasteiger partial charge in [-0.05, 0) is 50.6 Å². The molecule has 1 unspecified atom stereocenters. The van der Waals surface area contributed by atoms with Gasteiger partial charge in [-0.1, -0.05) is 18.7 Å². The van der Waals surface area contributed by atoms with Gasteiger partial charge >= 0.3 is 0 Å². The quantitative estimate of drug-likeness (QED) is 0.581. The van der Waals surface area contributed by atoms with E-state index in [-0.39, 0.29) is 23.7 Å². The maximum atomic E-state index is 12.7. The Morgan fingerprint density at radius 1 is 1.12 bits per heavy atom. The van der Waals surface area contributed by atoms with Crippen LogP contribution in [0.15, 0.2) is 47.3 Å². The van der Waals surface area contributed by atoms with E-state index in [1.807, 2.05) is 18.2 Å². The number of methoxy groups -OCH3 is 1. The molecule has 4 rings (SSSR count). The minimum Gasteiger partial charge on any atom is -0.497 e. The van der Waals surface area contributed by atoms with Crippen molar-refractivity contribution in [2.75, 3.05) is 25.1 Å². The van der Waals surface area contributed by atoms with Crippen molar-refractivity contribution in [1.29, 1.82) is 0 Å². The average Bonchev–Trinajstić information content (AvgIpc) is 2.82. The Morgan fingerprint density at radius 3 is 2.50 bits per heavy atom. The van der Waals surface area contributed by atoms with Gasteiger partial charge in [-0.15, -0.1) is 4.98 Å². The number of hydrogen-bond acceptors (Lipinski definition) is 5. The molecular weight excluding hydrogens is 402 g/mol. The molecular formula is C25H29N5O2. The fraction of sp³-hybridized carbons (Fsp3) is 0.400. The summed E-state index contributed by atoms with van der Waals surface area (Å²) in [5, 5.41) is 0. The summed E-state index contributed by atoms with van der Waals surface area (Å²) in [5.74, 6) is 1.20. The number of rotatable bonds is 4. The Hall–Kier alpha value is -3.37. The topological polar surface area (TPSA) is 55.0 Å². The summed E-state index contributed by atoms with van der Waals surface area (Å²) in [7, 11) is 3.42. The largest absolute Gasteiger partial charge is 0.497 e. The first-order valence-corrected chi connectivity index (χ1v) is 10.9. The SMILES string of the molecule is [C-]#[N+]c1ccc2c(n1)c(N1C[C@@H](C)N(C(C)c3ccc(OC)cc3)C[C@@H]1C)cc(=O)n2C. The lowest BCUT2D eigenvalue weighted by molar-refractivity contribution is 0.119. The van der Waals surface area contributed by atoms with Crippen LogP contribution < -0.4 is 15.2 Å². The van der Waals surface area contributed by atoms with Gasteiger partial charge in [0.2, 0.25) is 5.52 Å². The zero-order valence-electron chi connectivity index (χ0n) is 19.2. The Balaban J connectivity index is 1.66. The van der Waals surface area contributed by atoms with Crippen LogP contribution in [0, 0.1) is 6.57 Å². The summed E-state index contributed by atoms with van der Waals surface area (Å²) in [6.45, 7) is 15.6. The molecule has 3 atom stereocenters. The summed E-state index contributed by atoms with van der Waals surface area (Å²) < 4.78 is 6.89. The van der Waals surface area contributed by atoms with E-state index in [0.29, 0.717) is 11.3 Å². The third-order valence-corrected chi connectivity index (χ3v) is 6.61. The number of pyridine rings is 2. The first-order chi connectivity index (χ1) is 15.3. The van der Waals surface area contributed by atoms with Crippen molar-refractivity contribution in [3.63, 3.8) is 0 Å². The van der Waals surface area contributed by atoms with Gasteiger partial charge in [0, 0.05) is 44.3 Å². The van der Waals surface area contributed by atoms with Crippen molar-refractivity contribution >= 4 is 22.5 Å². The third kappa shape index (κ3) is 3.82. The maximum Gasteiger partial charge on any atom is 0.270 e. The van der Waals surface area contributed by atoms with Crippen LogP contribution >= 0.6 is 0 Å². The second kappa shape index (κ2) is 8.64. The lowest BCUT2D eigenvalue weighted by atomic mass is 10.00. The summed E-state index contributed by atoms with van der Waals surface area (Å²) >= 11 is 0. The Kier molecular flexibility index (Phi) is 5.90. The molecule has 166 valence electrons. The molecule has 1 aromatic carbocycles. The molecule has 0 saturated carbocycles. The highest BCUT2D eigenvalue weighted by atomic mass is 16.5. The molecule has 1 aliphatic heterocycles. The molecule has 0 N–H and O–H groups in total. The second-order valence-corrected chi connectivity index (χ2v) is 8.57. The van der Waals surface area contributed by atoms with Crippen LogP contribution in [0.25, 0.3) is 15.9 Å². The van der Waals surface area contributed by atoms with Crippen molar-refractivity contribution in [3.05, 3.63) is 69.8 Å². The van der Waals surface area contributed by atoms with Crippen molar-refractivity contribution < 1.29 is 4.74 Å². The van der Waals surface area contributed by atoms with Crippen molar-refractivity contribution in [2.24, 2.45) is 7.05 Å². The van der Waals surface area contributed by atoms with Gasteiger partial charge < -0.3 is 19.0 Å². The predicted octanol–water partition coefficient (Wildman–Crippen LogP) is 4.15. The average molecular weight is 432 g/mol. The molecule has 32 heavy (non-hydrogen) atoms. The van der Waals surface area contributed by atoms with E-state index >= 15 is 0 Å². The van der Waals surface area contributed by atoms with E-state index in [9.17, 15) is 4.79 Å². The summed E-state index contributed by atoms with van der Waals surface area (Å²) in [6.07, 6.45) is 0. The number of anilines is 1. The van der Waals surface area contributed by atoms with E-state index in [4.69, 9.17) is 11.3 Å². The molecule has 0 bridgehead atoms. The number of nitrogens with zero attached hydrogens (tertiary/aromatic N) is 5. The highest BCUT2D eigenvalue weighted by Crippen LogP contribution is 2.33. The second-order valence-electron chi connectivity index (χ2n) is 8.57. The van der Waals surface area contributed by atoms with Gasteiger partial charge in [-0.3, -0.25) is 9.69 Å². The number of ether oxygens (including phenoxy) is 1. The van der Waals surface area contributed by atoms with Gasteiger partial charge in [0.15, 0.2) is 0 Å². The molecule has 0 spiro atoms. The minimum atomic E-state index is -0.0706. The Labute approximate surface area is 188 Å². The highest BCUT2D eigenvalue weighted by Gasteiger charge is 2.34. The molecule has 2 aromatic heterocycles. The summed E-state index contributed by atoms with van der Waals surface area (Å²) in [6, 6.07) is 14.1. The standard InChI is InChI=1S/C25H29N5O2/c1-16-15-30(17(2)14-29(16)18(3)19-7-9-20(32-6)10-8-19)22-13-24(31)28(5)21-11-12-23(26-4)27-25(21)22/h7-13,16-18H,14-15H2,1-3,5-6H3/t16-,17+,18?/m1/s1. The molecule has 7 nitrogen and oxygen atoms in total. The van der Waals surface area contributed by atoms with Gasteiger partial charge in [-0.2, -0.15) is 0 Å². The van der Waals surface area contributed by atoms with Crippen LogP contribution in [0.2, 0.25) is 0 Å². The Morgan fingerprint density at radius 2 is 1.84 bits per heavy atom.